The maximum absolute atomic E-state index is 13.6. The van der Waals surface area contributed by atoms with Gasteiger partial charge in [-0.2, -0.15) is 0 Å². The standard InChI is InChI=1S/C30H33N3O2/c1-2-3-19-33(30(35)25-14-8-5-9-15-25)23-29(34)32(22-24-12-6-4-7-13-24)20-18-26-21-31-28-17-11-10-16-27(26)28/h4-17,21,31H,2-3,18-20,22-23H2,1H3. The number of rotatable bonds is 11. The quantitative estimate of drug-likeness (QED) is 0.308. The number of amides is 2. The molecule has 4 aromatic rings. The van der Waals surface area contributed by atoms with Crippen LogP contribution in [0.3, 0.4) is 0 Å². The summed E-state index contributed by atoms with van der Waals surface area (Å²) in [5.74, 6) is -0.127. The largest absolute Gasteiger partial charge is 0.361 e. The fourth-order valence-corrected chi connectivity index (χ4v) is 4.32. The van der Waals surface area contributed by atoms with Crippen LogP contribution < -0.4 is 0 Å². The van der Waals surface area contributed by atoms with E-state index in [-0.39, 0.29) is 18.4 Å². The molecule has 1 heterocycles. The highest BCUT2D eigenvalue weighted by molar-refractivity contribution is 5.96. The van der Waals surface area contributed by atoms with Crippen molar-refractivity contribution in [1.29, 1.82) is 0 Å². The molecule has 4 rings (SSSR count). The van der Waals surface area contributed by atoms with Crippen LogP contribution in [0.1, 0.15) is 41.3 Å². The van der Waals surface area contributed by atoms with Crippen LogP contribution in [0.5, 0.6) is 0 Å². The first-order valence-electron chi connectivity index (χ1n) is 12.4. The van der Waals surface area contributed by atoms with Crippen LogP contribution in [0.15, 0.2) is 91.1 Å². The zero-order chi connectivity index (χ0) is 24.5. The van der Waals surface area contributed by atoms with Crippen LogP contribution in [-0.2, 0) is 17.8 Å². The number of benzene rings is 3. The molecule has 0 spiro atoms. The molecule has 0 atom stereocenters. The molecule has 5 nitrogen and oxygen atoms in total. The predicted molar refractivity (Wildman–Crippen MR) is 141 cm³/mol. The van der Waals surface area contributed by atoms with E-state index in [0.717, 1.165) is 30.3 Å². The van der Waals surface area contributed by atoms with Crippen molar-refractivity contribution < 1.29 is 9.59 Å². The van der Waals surface area contributed by atoms with Gasteiger partial charge in [0.15, 0.2) is 0 Å². The number of carbonyl (C=O) groups is 2. The van der Waals surface area contributed by atoms with Crippen LogP contribution in [0, 0.1) is 0 Å². The highest BCUT2D eigenvalue weighted by Gasteiger charge is 2.22. The van der Waals surface area contributed by atoms with Gasteiger partial charge in [0.1, 0.15) is 6.54 Å². The minimum absolute atomic E-state index is 0.0333. The third-order valence-electron chi connectivity index (χ3n) is 6.31. The summed E-state index contributed by atoms with van der Waals surface area (Å²) in [6.45, 7) is 3.84. The summed E-state index contributed by atoms with van der Waals surface area (Å²) >= 11 is 0. The normalized spacial score (nSPS) is 10.9. The maximum atomic E-state index is 13.6. The second-order valence-corrected chi connectivity index (χ2v) is 8.86. The average molecular weight is 468 g/mol. The van der Waals surface area contributed by atoms with Crippen LogP contribution in [0.2, 0.25) is 0 Å². The van der Waals surface area contributed by atoms with Crippen molar-refractivity contribution in [3.63, 3.8) is 0 Å². The molecule has 2 amide bonds. The Morgan fingerprint density at radius 1 is 0.800 bits per heavy atom. The number of nitrogens with one attached hydrogen (secondary N) is 1. The number of carbonyl (C=O) groups excluding carboxylic acids is 2. The van der Waals surface area contributed by atoms with Crippen molar-refractivity contribution in [2.24, 2.45) is 0 Å². The van der Waals surface area contributed by atoms with Crippen LogP contribution in [0.25, 0.3) is 10.9 Å². The fourth-order valence-electron chi connectivity index (χ4n) is 4.32. The number of nitrogens with zero attached hydrogens (tertiary/aromatic N) is 2. The van der Waals surface area contributed by atoms with E-state index in [2.05, 4.69) is 24.0 Å². The van der Waals surface area contributed by atoms with Crippen molar-refractivity contribution >= 4 is 22.7 Å². The van der Waals surface area contributed by atoms with Gasteiger partial charge in [-0.05, 0) is 42.2 Å². The van der Waals surface area contributed by atoms with Crippen molar-refractivity contribution in [2.45, 2.75) is 32.7 Å². The highest BCUT2D eigenvalue weighted by atomic mass is 16.2. The van der Waals surface area contributed by atoms with E-state index in [1.54, 1.807) is 4.90 Å². The fraction of sp³-hybridized carbons (Fsp3) is 0.267. The third kappa shape index (κ3) is 6.38. The smallest absolute Gasteiger partial charge is 0.254 e. The molecule has 180 valence electrons. The number of hydrogen-bond donors (Lipinski definition) is 1. The van der Waals surface area contributed by atoms with Crippen molar-refractivity contribution in [2.75, 3.05) is 19.6 Å². The Kier molecular flexibility index (Phi) is 8.34. The van der Waals surface area contributed by atoms with Gasteiger partial charge in [0.2, 0.25) is 5.91 Å². The summed E-state index contributed by atoms with van der Waals surface area (Å²) < 4.78 is 0. The average Bonchev–Trinajstić information content (AvgIpc) is 3.32. The van der Waals surface area contributed by atoms with Gasteiger partial charge in [0.25, 0.3) is 5.91 Å². The molecule has 0 bridgehead atoms. The number of aromatic amines is 1. The van der Waals surface area contributed by atoms with Gasteiger partial charge >= 0.3 is 0 Å². The zero-order valence-corrected chi connectivity index (χ0v) is 20.3. The number of aromatic nitrogens is 1. The molecule has 0 aliphatic carbocycles. The molecule has 0 aliphatic rings. The van der Waals surface area contributed by atoms with Gasteiger partial charge in [-0.25, -0.2) is 0 Å². The lowest BCUT2D eigenvalue weighted by atomic mass is 10.1. The number of unbranched alkanes of at least 4 members (excludes halogenated alkanes) is 1. The predicted octanol–water partition coefficient (Wildman–Crippen LogP) is 5.68. The molecular weight excluding hydrogens is 434 g/mol. The van der Waals surface area contributed by atoms with E-state index in [1.807, 2.05) is 83.9 Å². The summed E-state index contributed by atoms with van der Waals surface area (Å²) in [5.41, 5.74) is 3.98. The van der Waals surface area contributed by atoms with Crippen LogP contribution in [-0.4, -0.2) is 46.2 Å². The molecule has 3 aromatic carbocycles. The second kappa shape index (κ2) is 12.0. The molecule has 0 saturated carbocycles. The van der Waals surface area contributed by atoms with Crippen molar-refractivity contribution in [3.05, 3.63) is 108 Å². The van der Waals surface area contributed by atoms with Crippen LogP contribution in [0.4, 0.5) is 0 Å². The Labute approximate surface area is 207 Å². The maximum Gasteiger partial charge on any atom is 0.254 e. The van der Waals surface area contributed by atoms with E-state index in [9.17, 15) is 9.59 Å². The van der Waals surface area contributed by atoms with Gasteiger partial charge in [0.05, 0.1) is 0 Å². The molecule has 1 N–H and O–H groups in total. The summed E-state index contributed by atoms with van der Waals surface area (Å²) in [7, 11) is 0. The van der Waals surface area contributed by atoms with Gasteiger partial charge in [0, 0.05) is 42.3 Å². The molecule has 0 saturated heterocycles. The zero-order valence-electron chi connectivity index (χ0n) is 20.3. The molecule has 1 aromatic heterocycles. The van der Waals surface area contributed by atoms with Crippen LogP contribution >= 0.6 is 0 Å². The lowest BCUT2D eigenvalue weighted by Crippen LogP contribution is -2.43. The van der Waals surface area contributed by atoms with E-state index in [4.69, 9.17) is 0 Å². The highest BCUT2D eigenvalue weighted by Crippen LogP contribution is 2.19. The molecule has 0 radical (unpaired) electrons. The summed E-state index contributed by atoms with van der Waals surface area (Å²) in [5, 5.41) is 1.18. The minimum atomic E-state index is -0.0938. The molecule has 0 fully saturated rings. The lowest BCUT2D eigenvalue weighted by molar-refractivity contribution is -0.132. The summed E-state index contributed by atoms with van der Waals surface area (Å²) in [6.07, 6.45) is 4.59. The molecule has 0 aliphatic heterocycles. The summed E-state index contributed by atoms with van der Waals surface area (Å²) in [4.78, 5) is 33.7. The Morgan fingerprint density at radius 2 is 1.49 bits per heavy atom. The third-order valence-corrected chi connectivity index (χ3v) is 6.31. The Hall–Kier alpha value is -3.86. The monoisotopic (exact) mass is 467 g/mol. The molecule has 5 heteroatoms. The first-order chi connectivity index (χ1) is 17.2. The Morgan fingerprint density at radius 3 is 2.23 bits per heavy atom. The molecule has 0 unspecified atom stereocenters. The summed E-state index contributed by atoms with van der Waals surface area (Å²) in [6, 6.07) is 27.5. The van der Waals surface area contributed by atoms with Crippen molar-refractivity contribution in [3.8, 4) is 0 Å². The number of H-pyrrole nitrogens is 1. The van der Waals surface area contributed by atoms with E-state index in [0.29, 0.717) is 25.2 Å². The van der Waals surface area contributed by atoms with Gasteiger partial charge in [-0.15, -0.1) is 0 Å². The van der Waals surface area contributed by atoms with E-state index in [1.165, 1.54) is 10.9 Å². The number of para-hydroxylation sites is 1. The lowest BCUT2D eigenvalue weighted by Gasteiger charge is -2.28. The first kappa shape index (κ1) is 24.3. The number of hydrogen-bond acceptors (Lipinski definition) is 2. The van der Waals surface area contributed by atoms with Crippen molar-refractivity contribution in [1.82, 2.24) is 14.8 Å². The second-order valence-electron chi connectivity index (χ2n) is 8.86. The van der Waals surface area contributed by atoms with E-state index >= 15 is 0 Å². The Bertz CT molecular complexity index is 1230. The van der Waals surface area contributed by atoms with Gasteiger partial charge in [-0.3, -0.25) is 9.59 Å². The first-order valence-corrected chi connectivity index (χ1v) is 12.4. The van der Waals surface area contributed by atoms with Gasteiger partial charge < -0.3 is 14.8 Å². The van der Waals surface area contributed by atoms with Gasteiger partial charge in [-0.1, -0.05) is 80.1 Å². The van der Waals surface area contributed by atoms with E-state index < -0.39 is 0 Å². The topological polar surface area (TPSA) is 56.4 Å². The molecule has 35 heavy (non-hydrogen) atoms. The molecular formula is C30H33N3O2. The SMILES string of the molecule is CCCCN(CC(=O)N(CCc1c[nH]c2ccccc12)Cc1ccccc1)C(=O)c1ccccc1. The number of fused-ring (bicyclic) bond motifs is 1. The Balaban J connectivity index is 1.52. The minimum Gasteiger partial charge on any atom is -0.361 e.